The zero-order valence-electron chi connectivity index (χ0n) is 16.7. The lowest BCUT2D eigenvalue weighted by molar-refractivity contribution is -0.117. The Morgan fingerprint density at radius 3 is 2.61 bits per heavy atom. The van der Waals surface area contributed by atoms with Crippen LogP contribution in [0.15, 0.2) is 79.3 Å². The summed E-state index contributed by atoms with van der Waals surface area (Å²) < 4.78 is 7.34. The summed E-state index contributed by atoms with van der Waals surface area (Å²) >= 11 is 0. The van der Waals surface area contributed by atoms with Crippen LogP contribution >= 0.6 is 0 Å². The van der Waals surface area contributed by atoms with Gasteiger partial charge in [0.25, 0.3) is 0 Å². The molecule has 0 unspecified atom stereocenters. The summed E-state index contributed by atoms with van der Waals surface area (Å²) in [5.74, 6) is 0.248. The third-order valence-corrected chi connectivity index (χ3v) is 5.41. The smallest absolute Gasteiger partial charge is 0.339 e. The summed E-state index contributed by atoms with van der Waals surface area (Å²) in [4.78, 5) is 35.3. The molecule has 0 radical (unpaired) electrons. The number of carbonyl (C=O) groups is 2. The highest BCUT2D eigenvalue weighted by Gasteiger charge is 2.31. The second kappa shape index (κ2) is 8.02. The number of fused-ring (bicyclic) bond motifs is 1. The molecule has 1 fully saturated rings. The van der Waals surface area contributed by atoms with Crippen LogP contribution in [-0.4, -0.2) is 39.6 Å². The van der Waals surface area contributed by atoms with Crippen LogP contribution in [0.2, 0.25) is 0 Å². The van der Waals surface area contributed by atoms with E-state index >= 15 is 0 Å². The van der Waals surface area contributed by atoms with Gasteiger partial charge in [0.1, 0.15) is 12.1 Å². The third-order valence-electron chi connectivity index (χ3n) is 5.41. The molecule has 0 N–H and O–H groups in total. The van der Waals surface area contributed by atoms with Crippen LogP contribution in [0.3, 0.4) is 0 Å². The van der Waals surface area contributed by atoms with Gasteiger partial charge in [-0.15, -0.1) is 0 Å². The van der Waals surface area contributed by atoms with Crippen LogP contribution < -0.4 is 4.90 Å². The number of esters is 1. The number of carbonyl (C=O) groups excluding carboxylic acids is 2. The Bertz CT molecular complexity index is 1230. The third kappa shape index (κ3) is 3.77. The van der Waals surface area contributed by atoms with Gasteiger partial charge in [-0.2, -0.15) is 0 Å². The minimum Gasteiger partial charge on any atom is -0.462 e. The Labute approximate surface area is 178 Å². The van der Waals surface area contributed by atoms with Crippen molar-refractivity contribution < 1.29 is 14.3 Å². The lowest BCUT2D eigenvalue weighted by Crippen LogP contribution is -2.25. The Kier molecular flexibility index (Phi) is 4.92. The number of hydrogen-bond donors (Lipinski definition) is 0. The SMILES string of the molecule is O=C(OC[C@H]1CC(=O)N(c2ccccc2)C1)c1ccc(-n2cnc3ccccc32)nc1. The number of benzene rings is 2. The number of hydrogen-bond acceptors (Lipinski definition) is 5. The first-order valence-corrected chi connectivity index (χ1v) is 10.1. The van der Waals surface area contributed by atoms with Gasteiger partial charge in [-0.3, -0.25) is 9.36 Å². The average Bonchev–Trinajstić information content (AvgIpc) is 3.41. The van der Waals surface area contributed by atoms with Crippen LogP contribution in [-0.2, 0) is 9.53 Å². The highest BCUT2D eigenvalue weighted by Crippen LogP contribution is 2.25. The van der Waals surface area contributed by atoms with Crippen LogP contribution in [0.5, 0.6) is 0 Å². The molecule has 3 heterocycles. The average molecular weight is 412 g/mol. The summed E-state index contributed by atoms with van der Waals surface area (Å²) in [6.07, 6.45) is 3.58. The second-order valence-electron chi connectivity index (χ2n) is 7.52. The Morgan fingerprint density at radius 2 is 1.81 bits per heavy atom. The number of rotatable bonds is 5. The van der Waals surface area contributed by atoms with E-state index in [0.29, 0.717) is 24.3 Å². The molecule has 7 heteroatoms. The number of pyridine rings is 1. The number of ether oxygens (including phenoxy) is 1. The molecular formula is C24H20N4O3. The van der Waals surface area contributed by atoms with Gasteiger partial charge in [0.05, 0.1) is 23.2 Å². The van der Waals surface area contributed by atoms with Crippen LogP contribution in [0.1, 0.15) is 16.8 Å². The maximum atomic E-state index is 12.5. The number of anilines is 1. The lowest BCUT2D eigenvalue weighted by Gasteiger charge is -2.16. The molecule has 0 spiro atoms. The van der Waals surface area contributed by atoms with Crippen LogP contribution in [0, 0.1) is 5.92 Å². The quantitative estimate of drug-likeness (QED) is 0.468. The van der Waals surface area contributed by atoms with Gasteiger partial charge in [0, 0.05) is 30.8 Å². The second-order valence-corrected chi connectivity index (χ2v) is 7.52. The van der Waals surface area contributed by atoms with E-state index < -0.39 is 5.97 Å². The number of para-hydroxylation sites is 3. The van der Waals surface area contributed by atoms with E-state index in [1.807, 2.05) is 59.2 Å². The predicted molar refractivity (Wildman–Crippen MR) is 116 cm³/mol. The highest BCUT2D eigenvalue weighted by atomic mass is 16.5. The zero-order chi connectivity index (χ0) is 21.2. The van der Waals surface area contributed by atoms with Crippen molar-refractivity contribution in [1.82, 2.24) is 14.5 Å². The number of nitrogens with zero attached hydrogens (tertiary/aromatic N) is 4. The molecule has 1 aliphatic heterocycles. The maximum Gasteiger partial charge on any atom is 0.339 e. The van der Waals surface area contributed by atoms with E-state index in [-0.39, 0.29) is 18.4 Å². The molecule has 2 aromatic heterocycles. The van der Waals surface area contributed by atoms with Gasteiger partial charge < -0.3 is 9.64 Å². The standard InChI is InChI=1S/C24H20N4O3/c29-23-12-17(14-27(23)19-6-2-1-3-7-19)15-31-24(30)18-10-11-22(25-13-18)28-16-26-20-8-4-5-9-21(20)28/h1-11,13,16-17H,12,14-15H2/t17-/m0/s1. The van der Waals surface area contributed by atoms with E-state index in [0.717, 1.165) is 16.7 Å². The zero-order valence-corrected chi connectivity index (χ0v) is 16.7. The maximum absolute atomic E-state index is 12.5. The Morgan fingerprint density at radius 1 is 1.00 bits per heavy atom. The fourth-order valence-corrected chi connectivity index (χ4v) is 3.82. The first-order valence-electron chi connectivity index (χ1n) is 10.1. The van der Waals surface area contributed by atoms with Crippen molar-refractivity contribution in [3.63, 3.8) is 0 Å². The molecule has 7 nitrogen and oxygen atoms in total. The normalized spacial score (nSPS) is 16.1. The molecule has 31 heavy (non-hydrogen) atoms. The summed E-state index contributed by atoms with van der Waals surface area (Å²) in [7, 11) is 0. The summed E-state index contributed by atoms with van der Waals surface area (Å²) in [6.45, 7) is 0.739. The van der Waals surface area contributed by atoms with E-state index in [2.05, 4.69) is 9.97 Å². The van der Waals surface area contributed by atoms with Crippen molar-refractivity contribution in [2.45, 2.75) is 6.42 Å². The molecule has 0 saturated carbocycles. The van der Waals surface area contributed by atoms with Gasteiger partial charge in [0.2, 0.25) is 5.91 Å². The number of amides is 1. The van der Waals surface area contributed by atoms with Gasteiger partial charge in [-0.05, 0) is 36.4 Å². The van der Waals surface area contributed by atoms with Crippen LogP contribution in [0.25, 0.3) is 16.9 Å². The van der Waals surface area contributed by atoms with E-state index in [4.69, 9.17) is 4.74 Å². The molecular weight excluding hydrogens is 392 g/mol. The van der Waals surface area contributed by atoms with Crippen molar-refractivity contribution in [2.24, 2.45) is 5.92 Å². The lowest BCUT2D eigenvalue weighted by atomic mass is 10.1. The molecule has 2 aromatic carbocycles. The van der Waals surface area contributed by atoms with Crippen molar-refractivity contribution in [1.29, 1.82) is 0 Å². The molecule has 1 aliphatic rings. The first-order chi connectivity index (χ1) is 15.2. The van der Waals surface area contributed by atoms with Crippen molar-refractivity contribution in [3.8, 4) is 5.82 Å². The topological polar surface area (TPSA) is 77.3 Å². The van der Waals surface area contributed by atoms with Gasteiger partial charge >= 0.3 is 5.97 Å². The van der Waals surface area contributed by atoms with Crippen molar-refractivity contribution in [2.75, 3.05) is 18.1 Å². The summed E-state index contributed by atoms with van der Waals surface area (Å²) in [6, 6.07) is 20.8. The fourth-order valence-electron chi connectivity index (χ4n) is 3.82. The molecule has 1 atom stereocenters. The molecule has 154 valence electrons. The predicted octanol–water partition coefficient (Wildman–Crippen LogP) is 3.63. The van der Waals surface area contributed by atoms with E-state index in [1.54, 1.807) is 23.4 Å². The van der Waals surface area contributed by atoms with Crippen LogP contribution in [0.4, 0.5) is 5.69 Å². The monoisotopic (exact) mass is 412 g/mol. The van der Waals surface area contributed by atoms with Crippen molar-refractivity contribution in [3.05, 3.63) is 84.8 Å². The highest BCUT2D eigenvalue weighted by molar-refractivity contribution is 5.95. The van der Waals surface area contributed by atoms with Gasteiger partial charge in [-0.25, -0.2) is 14.8 Å². The largest absolute Gasteiger partial charge is 0.462 e. The minimum absolute atomic E-state index is 0.0267. The van der Waals surface area contributed by atoms with E-state index in [1.165, 1.54) is 6.20 Å². The Hall–Kier alpha value is -4.00. The fraction of sp³-hybridized carbons (Fsp3) is 0.167. The molecule has 1 saturated heterocycles. The Balaban J connectivity index is 1.22. The number of imidazole rings is 1. The molecule has 5 rings (SSSR count). The van der Waals surface area contributed by atoms with Gasteiger partial charge in [0.15, 0.2) is 0 Å². The van der Waals surface area contributed by atoms with E-state index in [9.17, 15) is 9.59 Å². The summed E-state index contributed by atoms with van der Waals surface area (Å²) in [5, 5.41) is 0. The summed E-state index contributed by atoms with van der Waals surface area (Å²) in [5.41, 5.74) is 3.06. The van der Waals surface area contributed by atoms with Crippen molar-refractivity contribution >= 4 is 28.6 Å². The van der Waals surface area contributed by atoms with Gasteiger partial charge in [-0.1, -0.05) is 30.3 Å². The molecule has 0 bridgehead atoms. The molecule has 4 aromatic rings. The first kappa shape index (κ1) is 19.0. The minimum atomic E-state index is -0.444. The number of aromatic nitrogens is 3. The molecule has 1 amide bonds. The molecule has 0 aliphatic carbocycles.